The number of nitrogens with zero attached hydrogens (tertiary/aromatic N) is 1. The molecule has 0 aromatic heterocycles. The Kier molecular flexibility index (Phi) is 3.41. The fourth-order valence-corrected chi connectivity index (χ4v) is 2.29. The molecule has 0 saturated heterocycles. The highest BCUT2D eigenvalue weighted by atomic mass is 19.4. The summed E-state index contributed by atoms with van der Waals surface area (Å²) in [6.07, 6.45) is -4.31. The zero-order valence-electron chi connectivity index (χ0n) is 11.1. The lowest BCUT2D eigenvalue weighted by molar-refractivity contribution is -0.137. The van der Waals surface area contributed by atoms with E-state index < -0.39 is 11.7 Å². The van der Waals surface area contributed by atoms with Gasteiger partial charge < -0.3 is 5.32 Å². The second-order valence-corrected chi connectivity index (χ2v) is 4.86. The van der Waals surface area contributed by atoms with Gasteiger partial charge in [-0.05, 0) is 23.3 Å². The fourth-order valence-electron chi connectivity index (χ4n) is 2.29. The molecular weight excluding hydrogens is 277 g/mol. The van der Waals surface area contributed by atoms with Gasteiger partial charge in [-0.2, -0.15) is 13.2 Å². The normalized spacial score (nSPS) is 14.7. The number of hydrogen-bond acceptors (Lipinski definition) is 2. The van der Waals surface area contributed by atoms with Crippen LogP contribution in [0, 0.1) is 0 Å². The predicted molar refractivity (Wildman–Crippen MR) is 75.0 cm³/mol. The first-order chi connectivity index (χ1) is 10.0. The highest BCUT2D eigenvalue weighted by Gasteiger charge is 2.30. The van der Waals surface area contributed by atoms with E-state index in [1.165, 1.54) is 12.1 Å². The van der Waals surface area contributed by atoms with Gasteiger partial charge in [-0.15, -0.1) is 0 Å². The van der Waals surface area contributed by atoms with Crippen LogP contribution in [0.2, 0.25) is 0 Å². The van der Waals surface area contributed by atoms with E-state index in [-0.39, 0.29) is 0 Å². The van der Waals surface area contributed by atoms with Crippen LogP contribution >= 0.6 is 0 Å². The Bertz CT molecular complexity index is 673. The molecule has 5 heteroatoms. The molecule has 2 aromatic carbocycles. The van der Waals surface area contributed by atoms with Crippen molar-refractivity contribution in [2.24, 2.45) is 4.99 Å². The van der Waals surface area contributed by atoms with Crippen molar-refractivity contribution in [2.45, 2.75) is 19.3 Å². The number of amidine groups is 1. The summed E-state index contributed by atoms with van der Waals surface area (Å²) in [6.45, 7) is 1.15. The third-order valence-corrected chi connectivity index (χ3v) is 3.46. The van der Waals surface area contributed by atoms with Crippen LogP contribution in [0.15, 0.2) is 53.5 Å². The lowest BCUT2D eigenvalue weighted by Gasteiger charge is -2.10. The largest absolute Gasteiger partial charge is 0.416 e. The molecule has 0 aliphatic carbocycles. The van der Waals surface area contributed by atoms with E-state index in [2.05, 4.69) is 10.3 Å². The van der Waals surface area contributed by atoms with Crippen molar-refractivity contribution in [3.05, 3.63) is 70.8 Å². The van der Waals surface area contributed by atoms with Gasteiger partial charge in [-0.3, -0.25) is 4.99 Å². The van der Waals surface area contributed by atoms with Crippen LogP contribution in [0.5, 0.6) is 0 Å². The van der Waals surface area contributed by atoms with Crippen LogP contribution in [0.3, 0.4) is 0 Å². The van der Waals surface area contributed by atoms with E-state index in [0.29, 0.717) is 24.5 Å². The number of alkyl halides is 3. The average Bonchev–Trinajstić information content (AvgIpc) is 2.69. The highest BCUT2D eigenvalue weighted by molar-refractivity contribution is 5.99. The van der Waals surface area contributed by atoms with E-state index in [9.17, 15) is 13.2 Å². The van der Waals surface area contributed by atoms with Crippen molar-refractivity contribution in [2.75, 3.05) is 0 Å². The molecule has 0 amide bonds. The van der Waals surface area contributed by atoms with Crippen LogP contribution in [0.1, 0.15) is 22.3 Å². The molecule has 0 fully saturated rings. The molecule has 0 atom stereocenters. The fraction of sp³-hybridized carbons (Fsp3) is 0.188. The first-order valence-corrected chi connectivity index (χ1v) is 6.57. The van der Waals surface area contributed by atoms with E-state index in [1.807, 2.05) is 24.3 Å². The molecule has 21 heavy (non-hydrogen) atoms. The third-order valence-electron chi connectivity index (χ3n) is 3.46. The van der Waals surface area contributed by atoms with Gasteiger partial charge in [0.15, 0.2) is 0 Å². The molecule has 1 heterocycles. The summed E-state index contributed by atoms with van der Waals surface area (Å²) in [6, 6.07) is 13.0. The molecule has 0 unspecified atom stereocenters. The number of benzene rings is 2. The summed E-state index contributed by atoms with van der Waals surface area (Å²) in [5, 5.41) is 3.18. The van der Waals surface area contributed by atoms with Gasteiger partial charge >= 0.3 is 6.18 Å². The number of halogens is 3. The maximum atomic E-state index is 12.6. The van der Waals surface area contributed by atoms with Crippen LogP contribution in [-0.4, -0.2) is 5.84 Å². The van der Waals surface area contributed by atoms with Gasteiger partial charge in [0.25, 0.3) is 0 Å². The van der Waals surface area contributed by atoms with Crippen LogP contribution in [0.4, 0.5) is 13.2 Å². The average molecular weight is 290 g/mol. The second kappa shape index (κ2) is 5.24. The maximum absolute atomic E-state index is 12.6. The topological polar surface area (TPSA) is 24.4 Å². The summed E-state index contributed by atoms with van der Waals surface area (Å²) >= 11 is 0. The van der Waals surface area contributed by atoms with Gasteiger partial charge in [-0.25, -0.2) is 0 Å². The van der Waals surface area contributed by atoms with E-state index >= 15 is 0 Å². The van der Waals surface area contributed by atoms with Crippen molar-refractivity contribution in [1.82, 2.24) is 5.32 Å². The van der Waals surface area contributed by atoms with Gasteiger partial charge in [0.2, 0.25) is 0 Å². The maximum Gasteiger partial charge on any atom is 0.416 e. The lowest BCUT2D eigenvalue weighted by atomic mass is 10.1. The molecule has 0 radical (unpaired) electrons. The summed E-state index contributed by atoms with van der Waals surface area (Å²) in [7, 11) is 0. The molecule has 108 valence electrons. The van der Waals surface area contributed by atoms with Gasteiger partial charge in [-0.1, -0.05) is 36.4 Å². The van der Waals surface area contributed by atoms with Crippen molar-refractivity contribution in [1.29, 1.82) is 0 Å². The van der Waals surface area contributed by atoms with E-state index in [0.717, 1.165) is 23.3 Å². The van der Waals surface area contributed by atoms with Crippen molar-refractivity contribution < 1.29 is 13.2 Å². The van der Waals surface area contributed by atoms with Gasteiger partial charge in [0, 0.05) is 12.1 Å². The molecular formula is C16H13F3N2. The predicted octanol–water partition coefficient (Wildman–Crippen LogP) is 3.76. The first kappa shape index (κ1) is 13.7. The number of rotatable bonds is 1. The molecule has 0 saturated carbocycles. The number of aliphatic imine (C=N–C) groups is 1. The van der Waals surface area contributed by atoms with Gasteiger partial charge in [0.1, 0.15) is 5.84 Å². The summed E-state index contributed by atoms with van der Waals surface area (Å²) in [4.78, 5) is 4.45. The minimum absolute atomic E-state index is 0.527. The standard InChI is InChI=1S/C16H13F3N2/c17-16(18,19)14-7-5-11(6-8-14)15-20-9-12-3-1-2-4-13(12)10-21-15/h1-8H,9-10H2,(H,20,21). The molecule has 3 rings (SSSR count). The Morgan fingerprint density at radius 2 is 1.57 bits per heavy atom. The minimum atomic E-state index is -4.31. The second-order valence-electron chi connectivity index (χ2n) is 4.86. The third kappa shape index (κ3) is 2.91. The summed E-state index contributed by atoms with van der Waals surface area (Å²) in [5.74, 6) is 0.625. The van der Waals surface area contributed by atoms with Crippen LogP contribution < -0.4 is 5.32 Å². The molecule has 2 nitrogen and oxygen atoms in total. The minimum Gasteiger partial charge on any atom is -0.366 e. The van der Waals surface area contributed by atoms with E-state index in [4.69, 9.17) is 0 Å². The monoisotopic (exact) mass is 290 g/mol. The Balaban J connectivity index is 1.84. The zero-order chi connectivity index (χ0) is 14.9. The van der Waals surface area contributed by atoms with Gasteiger partial charge in [0.05, 0.1) is 12.1 Å². The first-order valence-electron chi connectivity index (χ1n) is 6.57. The summed E-state index contributed by atoms with van der Waals surface area (Å²) in [5.41, 5.74) is 2.30. The molecule has 1 aliphatic heterocycles. The van der Waals surface area contributed by atoms with Crippen molar-refractivity contribution in [3.63, 3.8) is 0 Å². The Morgan fingerprint density at radius 3 is 2.24 bits per heavy atom. The molecule has 0 spiro atoms. The molecule has 1 aliphatic rings. The Labute approximate surface area is 120 Å². The molecule has 0 bridgehead atoms. The van der Waals surface area contributed by atoms with Crippen LogP contribution in [0.25, 0.3) is 0 Å². The number of nitrogens with one attached hydrogen (secondary N) is 1. The number of hydrogen-bond donors (Lipinski definition) is 1. The van der Waals surface area contributed by atoms with Crippen molar-refractivity contribution >= 4 is 5.84 Å². The summed E-state index contributed by atoms with van der Waals surface area (Å²) < 4.78 is 37.7. The van der Waals surface area contributed by atoms with Crippen molar-refractivity contribution in [3.8, 4) is 0 Å². The Hall–Kier alpha value is -2.30. The number of fused-ring (bicyclic) bond motifs is 1. The quantitative estimate of drug-likeness (QED) is 0.849. The highest BCUT2D eigenvalue weighted by Crippen LogP contribution is 2.29. The SMILES string of the molecule is FC(F)(F)c1ccc(C2=NCc3ccccc3CN2)cc1. The smallest absolute Gasteiger partial charge is 0.366 e. The van der Waals surface area contributed by atoms with E-state index in [1.54, 1.807) is 0 Å². The molecule has 1 N–H and O–H groups in total. The molecule has 2 aromatic rings. The van der Waals surface area contributed by atoms with Crippen LogP contribution in [-0.2, 0) is 19.3 Å². The Morgan fingerprint density at radius 1 is 0.905 bits per heavy atom. The zero-order valence-corrected chi connectivity index (χ0v) is 11.1. The lowest BCUT2D eigenvalue weighted by Crippen LogP contribution is -2.23.